The van der Waals surface area contributed by atoms with Crippen LogP contribution in [0.15, 0.2) is 49.6 Å². The molecule has 1 spiro atoms. The molecule has 9 nitrogen and oxygen atoms in total. The van der Waals surface area contributed by atoms with Crippen LogP contribution in [0.4, 0.5) is 5.69 Å². The maximum atomic E-state index is 14.9. The van der Waals surface area contributed by atoms with E-state index < -0.39 is 34.6 Å². The van der Waals surface area contributed by atoms with E-state index in [9.17, 15) is 19.5 Å². The lowest BCUT2D eigenvalue weighted by atomic mass is 9.65. The number of nitrogens with zero attached hydrogens (tertiary/aromatic N) is 3. The van der Waals surface area contributed by atoms with Crippen molar-refractivity contribution in [1.82, 2.24) is 9.80 Å². The fourth-order valence-electron chi connectivity index (χ4n) is 8.53. The average molecular weight is 638 g/mol. The highest BCUT2D eigenvalue weighted by atomic mass is 16.5. The van der Waals surface area contributed by atoms with Crippen LogP contribution in [-0.4, -0.2) is 88.3 Å². The van der Waals surface area contributed by atoms with Crippen LogP contribution in [0.25, 0.3) is 0 Å². The van der Waals surface area contributed by atoms with E-state index in [1.54, 1.807) is 22.0 Å². The molecule has 3 heterocycles. The number of ether oxygens (including phenoxy) is 2. The summed E-state index contributed by atoms with van der Waals surface area (Å²) in [4.78, 5) is 49.4. The van der Waals surface area contributed by atoms with Crippen molar-refractivity contribution < 1.29 is 29.0 Å². The Morgan fingerprint density at radius 3 is 2.28 bits per heavy atom. The smallest absolute Gasteiger partial charge is 0.249 e. The van der Waals surface area contributed by atoms with Crippen molar-refractivity contribution in [1.29, 1.82) is 0 Å². The third-order valence-corrected chi connectivity index (χ3v) is 9.89. The van der Waals surface area contributed by atoms with Crippen molar-refractivity contribution in [2.24, 2.45) is 17.3 Å². The molecule has 4 rings (SSSR count). The second-order valence-electron chi connectivity index (χ2n) is 15.1. The number of fused-ring (bicyclic) bond motifs is 1. The van der Waals surface area contributed by atoms with Gasteiger partial charge in [0, 0.05) is 37.5 Å². The number of anilines is 1. The highest BCUT2D eigenvalue weighted by Crippen LogP contribution is 2.64. The number of carbonyl (C=O) groups is 3. The van der Waals surface area contributed by atoms with Gasteiger partial charge in [-0.05, 0) is 89.5 Å². The van der Waals surface area contributed by atoms with Crippen LogP contribution in [0, 0.1) is 17.3 Å². The lowest BCUT2D eigenvalue weighted by Crippen LogP contribution is -2.61. The molecule has 3 aliphatic heterocycles. The Morgan fingerprint density at radius 2 is 1.72 bits per heavy atom. The van der Waals surface area contributed by atoms with Gasteiger partial charge in [-0.1, -0.05) is 32.9 Å². The van der Waals surface area contributed by atoms with Crippen molar-refractivity contribution in [3.8, 4) is 5.75 Å². The number of carbonyl (C=O) groups excluding carboxylic acids is 3. The third kappa shape index (κ3) is 6.50. The summed E-state index contributed by atoms with van der Waals surface area (Å²) in [6.07, 6.45) is 6.23. The van der Waals surface area contributed by atoms with Gasteiger partial charge in [0.05, 0.1) is 24.0 Å². The maximum absolute atomic E-state index is 14.9. The zero-order valence-electron chi connectivity index (χ0n) is 29.0. The Bertz CT molecular complexity index is 1300. The van der Waals surface area contributed by atoms with Crippen LogP contribution in [0.2, 0.25) is 0 Å². The number of benzene rings is 1. The lowest BCUT2D eigenvalue weighted by Gasteiger charge is -2.45. The minimum atomic E-state index is -1.14. The normalized spacial score (nSPS) is 27.0. The SMILES string of the molecule is C=CCN(C(=O)[C@H]1[C@H]2C(=O)N(CCCCO)C(C(=O)N(CC=C)C(C)(C)CC(C)(C)C)C23CC[C@]1(C)O3)c1ccc(OCC)cc1. The number of aliphatic hydroxyl groups is 1. The Labute approximate surface area is 275 Å². The Balaban J connectivity index is 1.78. The Kier molecular flexibility index (Phi) is 10.5. The van der Waals surface area contributed by atoms with E-state index in [0.717, 1.165) is 6.42 Å². The summed E-state index contributed by atoms with van der Waals surface area (Å²) >= 11 is 0. The molecule has 0 saturated carbocycles. The number of unbranched alkanes of at least 4 members (excludes halogenated alkanes) is 1. The molecular formula is C37H55N3O6. The summed E-state index contributed by atoms with van der Waals surface area (Å²) in [6.45, 7) is 23.7. The first-order valence-corrected chi connectivity index (χ1v) is 16.8. The van der Waals surface area contributed by atoms with E-state index in [0.29, 0.717) is 56.8 Å². The van der Waals surface area contributed by atoms with Gasteiger partial charge in [-0.25, -0.2) is 0 Å². The first kappa shape index (κ1) is 35.7. The maximum Gasteiger partial charge on any atom is 0.249 e. The van der Waals surface area contributed by atoms with Gasteiger partial charge in [-0.15, -0.1) is 13.2 Å². The summed E-state index contributed by atoms with van der Waals surface area (Å²) in [6, 6.07) is 6.45. The van der Waals surface area contributed by atoms with Crippen LogP contribution in [-0.2, 0) is 19.1 Å². The second kappa shape index (κ2) is 13.5. The standard InChI is InChI=1S/C37H55N3O6/c1-10-21-38(26-15-17-27(18-16-26)45-12-3)31(42)28-29-32(43)39(23-13-14-24-41)30(37(29)20-19-36(28,9)46-37)33(44)40(22-11-2)35(7,8)25-34(4,5)6/h10-11,15-18,28-30,41H,1-2,12-14,19-25H2,3-9H3/t28-,29+,30?,36+,37?/m1/s1. The summed E-state index contributed by atoms with van der Waals surface area (Å²) in [7, 11) is 0. The highest BCUT2D eigenvalue weighted by molar-refractivity contribution is 6.03. The first-order chi connectivity index (χ1) is 21.6. The summed E-state index contributed by atoms with van der Waals surface area (Å²) in [5.74, 6) is -1.51. The van der Waals surface area contributed by atoms with Crippen molar-refractivity contribution in [3.05, 3.63) is 49.6 Å². The minimum Gasteiger partial charge on any atom is -0.494 e. The van der Waals surface area contributed by atoms with Gasteiger partial charge in [0.25, 0.3) is 0 Å². The molecule has 2 unspecified atom stereocenters. The van der Waals surface area contributed by atoms with Gasteiger partial charge in [-0.3, -0.25) is 14.4 Å². The van der Waals surface area contributed by atoms with Crippen LogP contribution in [0.1, 0.15) is 80.6 Å². The molecule has 9 heteroatoms. The van der Waals surface area contributed by atoms with E-state index in [1.807, 2.05) is 43.0 Å². The lowest BCUT2D eigenvalue weighted by molar-refractivity contribution is -0.155. The predicted octanol–water partition coefficient (Wildman–Crippen LogP) is 5.37. The summed E-state index contributed by atoms with van der Waals surface area (Å²) < 4.78 is 12.5. The third-order valence-electron chi connectivity index (χ3n) is 9.89. The van der Waals surface area contributed by atoms with E-state index in [1.165, 1.54) is 0 Å². The van der Waals surface area contributed by atoms with Gasteiger partial charge in [0.1, 0.15) is 17.4 Å². The van der Waals surface area contributed by atoms with E-state index in [4.69, 9.17) is 9.47 Å². The molecule has 2 bridgehead atoms. The molecule has 1 aromatic rings. The second-order valence-corrected chi connectivity index (χ2v) is 15.1. The molecule has 3 aliphatic rings. The predicted molar refractivity (Wildman–Crippen MR) is 180 cm³/mol. The number of hydrogen-bond donors (Lipinski definition) is 1. The average Bonchev–Trinajstić information content (AvgIpc) is 3.54. The zero-order chi connectivity index (χ0) is 34.1. The largest absolute Gasteiger partial charge is 0.494 e. The molecule has 254 valence electrons. The number of aliphatic hydroxyl groups excluding tert-OH is 1. The molecule has 0 radical (unpaired) electrons. The monoisotopic (exact) mass is 637 g/mol. The molecule has 0 aromatic heterocycles. The van der Waals surface area contributed by atoms with Gasteiger partial charge < -0.3 is 29.3 Å². The van der Waals surface area contributed by atoms with Crippen LogP contribution in [0.5, 0.6) is 5.75 Å². The molecule has 46 heavy (non-hydrogen) atoms. The van der Waals surface area contributed by atoms with Gasteiger partial charge >= 0.3 is 0 Å². The summed E-state index contributed by atoms with van der Waals surface area (Å²) in [5, 5.41) is 9.55. The van der Waals surface area contributed by atoms with Crippen LogP contribution < -0.4 is 9.64 Å². The topological polar surface area (TPSA) is 99.6 Å². The highest BCUT2D eigenvalue weighted by Gasteiger charge is 2.78. The van der Waals surface area contributed by atoms with Crippen LogP contribution in [0.3, 0.4) is 0 Å². The van der Waals surface area contributed by atoms with Gasteiger partial charge in [0.15, 0.2) is 0 Å². The number of likely N-dealkylation sites (tertiary alicyclic amines) is 1. The molecule has 3 fully saturated rings. The summed E-state index contributed by atoms with van der Waals surface area (Å²) in [5.41, 5.74) is -1.98. The Morgan fingerprint density at radius 1 is 1.07 bits per heavy atom. The number of amides is 3. The fourth-order valence-corrected chi connectivity index (χ4v) is 8.53. The first-order valence-electron chi connectivity index (χ1n) is 16.8. The van der Waals surface area contributed by atoms with Gasteiger partial charge in [-0.2, -0.15) is 0 Å². The molecular weight excluding hydrogens is 582 g/mol. The Hall–Kier alpha value is -3.17. The fraction of sp³-hybridized carbons (Fsp3) is 0.649. The van der Waals surface area contributed by atoms with Crippen molar-refractivity contribution in [2.75, 3.05) is 37.7 Å². The molecule has 5 atom stereocenters. The minimum absolute atomic E-state index is 0.00923. The number of hydrogen-bond acceptors (Lipinski definition) is 6. The van der Waals surface area contributed by atoms with Crippen LogP contribution >= 0.6 is 0 Å². The molecule has 1 aromatic carbocycles. The van der Waals surface area contributed by atoms with E-state index >= 15 is 0 Å². The van der Waals surface area contributed by atoms with E-state index in [-0.39, 0.29) is 36.3 Å². The quantitative estimate of drug-likeness (QED) is 0.205. The molecule has 0 aliphatic carbocycles. The van der Waals surface area contributed by atoms with Crippen molar-refractivity contribution in [3.63, 3.8) is 0 Å². The molecule has 3 saturated heterocycles. The molecule has 1 N–H and O–H groups in total. The van der Waals surface area contributed by atoms with Crippen molar-refractivity contribution >= 4 is 23.4 Å². The van der Waals surface area contributed by atoms with E-state index in [2.05, 4.69) is 47.8 Å². The molecule has 3 amide bonds. The number of rotatable bonds is 15. The zero-order valence-corrected chi connectivity index (χ0v) is 29.0. The van der Waals surface area contributed by atoms with Gasteiger partial charge in [0.2, 0.25) is 17.7 Å². The van der Waals surface area contributed by atoms with Crippen molar-refractivity contribution in [2.45, 2.75) is 103 Å².